The number of rotatable bonds is 4. The quantitative estimate of drug-likeness (QED) is 0.822. The number of amides is 1. The molecule has 1 aliphatic heterocycles. The first-order valence-corrected chi connectivity index (χ1v) is 11.0. The summed E-state index contributed by atoms with van der Waals surface area (Å²) in [4.78, 5) is 15.7. The Balaban J connectivity index is 1.23. The largest absolute Gasteiger partial charge is 0.351 e. The van der Waals surface area contributed by atoms with Crippen molar-refractivity contribution in [3.63, 3.8) is 0 Å². The highest BCUT2D eigenvalue weighted by molar-refractivity contribution is 5.82. The van der Waals surface area contributed by atoms with Crippen molar-refractivity contribution in [2.75, 3.05) is 26.2 Å². The summed E-state index contributed by atoms with van der Waals surface area (Å²) < 4.78 is 0. The molecule has 4 bridgehead atoms. The highest BCUT2D eigenvalue weighted by Crippen LogP contribution is 2.53. The van der Waals surface area contributed by atoms with Gasteiger partial charge in [-0.25, -0.2) is 0 Å². The Kier molecular flexibility index (Phi) is 4.53. The van der Waals surface area contributed by atoms with Crippen molar-refractivity contribution in [3.8, 4) is 0 Å². The second-order valence-electron chi connectivity index (χ2n) is 9.83. The molecule has 1 amide bonds. The average Bonchev–Trinajstić information content (AvgIpc) is 3.11. The van der Waals surface area contributed by atoms with Gasteiger partial charge in [-0.05, 0) is 74.5 Å². The first kappa shape index (κ1) is 16.6. The maximum atomic E-state index is 13.2. The molecule has 1 heterocycles. The van der Waals surface area contributed by atoms with E-state index in [4.69, 9.17) is 0 Å². The number of hydrogen-bond acceptors (Lipinski definition) is 3. The molecule has 0 aromatic carbocycles. The summed E-state index contributed by atoms with van der Waals surface area (Å²) in [6, 6.07) is 0.544. The van der Waals surface area contributed by atoms with E-state index in [2.05, 4.69) is 15.5 Å². The lowest BCUT2D eigenvalue weighted by atomic mass is 9.54. The number of piperazine rings is 1. The molecule has 6 aliphatic rings. The van der Waals surface area contributed by atoms with Crippen molar-refractivity contribution in [2.45, 2.75) is 69.9 Å². The fourth-order valence-corrected chi connectivity index (χ4v) is 7.17. The lowest BCUT2D eigenvalue weighted by Gasteiger charge is -2.54. The van der Waals surface area contributed by atoms with Gasteiger partial charge in [0, 0.05) is 32.2 Å². The molecule has 0 aromatic rings. The zero-order valence-corrected chi connectivity index (χ0v) is 15.6. The molecule has 5 aliphatic carbocycles. The van der Waals surface area contributed by atoms with Crippen LogP contribution in [0.3, 0.4) is 0 Å². The summed E-state index contributed by atoms with van der Waals surface area (Å²) in [5, 5.41) is 7.04. The molecule has 1 atom stereocenters. The Labute approximate surface area is 152 Å². The van der Waals surface area contributed by atoms with Crippen molar-refractivity contribution in [1.82, 2.24) is 15.5 Å². The average molecular weight is 346 g/mol. The lowest BCUT2D eigenvalue weighted by molar-refractivity contribution is -0.131. The van der Waals surface area contributed by atoms with E-state index in [-0.39, 0.29) is 6.04 Å². The van der Waals surface area contributed by atoms with Crippen LogP contribution in [0.25, 0.3) is 0 Å². The third kappa shape index (κ3) is 3.25. The molecule has 6 fully saturated rings. The van der Waals surface area contributed by atoms with Crippen molar-refractivity contribution in [1.29, 1.82) is 0 Å². The van der Waals surface area contributed by atoms with E-state index in [0.29, 0.717) is 11.9 Å². The smallest absolute Gasteiger partial charge is 0.238 e. The van der Waals surface area contributed by atoms with Gasteiger partial charge < -0.3 is 10.6 Å². The van der Waals surface area contributed by atoms with Gasteiger partial charge in [0.2, 0.25) is 5.91 Å². The van der Waals surface area contributed by atoms with Gasteiger partial charge >= 0.3 is 0 Å². The molecular weight excluding hydrogens is 310 g/mol. The Hall–Kier alpha value is -0.610. The van der Waals surface area contributed by atoms with Crippen LogP contribution in [0.15, 0.2) is 0 Å². The van der Waals surface area contributed by atoms with Gasteiger partial charge in [-0.1, -0.05) is 12.8 Å². The molecule has 0 spiro atoms. The minimum absolute atomic E-state index is 0.0616. The highest BCUT2D eigenvalue weighted by atomic mass is 16.2. The molecule has 1 saturated heterocycles. The summed E-state index contributed by atoms with van der Waals surface area (Å²) in [5.74, 6) is 4.66. The topological polar surface area (TPSA) is 44.4 Å². The van der Waals surface area contributed by atoms with E-state index < -0.39 is 0 Å². The maximum Gasteiger partial charge on any atom is 0.238 e. The predicted molar refractivity (Wildman–Crippen MR) is 99.2 cm³/mol. The highest BCUT2D eigenvalue weighted by Gasteiger charge is 2.49. The molecule has 4 nitrogen and oxygen atoms in total. The third-order valence-electron chi connectivity index (χ3n) is 8.16. The predicted octanol–water partition coefficient (Wildman–Crippen LogP) is 2.39. The normalized spacial score (nSPS) is 44.3. The van der Waals surface area contributed by atoms with Crippen LogP contribution < -0.4 is 10.6 Å². The van der Waals surface area contributed by atoms with Crippen molar-refractivity contribution in [2.24, 2.45) is 29.6 Å². The summed E-state index contributed by atoms with van der Waals surface area (Å²) >= 11 is 0. The summed E-state index contributed by atoms with van der Waals surface area (Å²) in [7, 11) is 0. The molecule has 0 aromatic heterocycles. The first-order chi connectivity index (χ1) is 12.3. The molecule has 6 rings (SSSR count). The van der Waals surface area contributed by atoms with E-state index >= 15 is 0 Å². The summed E-state index contributed by atoms with van der Waals surface area (Å²) in [6.07, 6.45) is 12.5. The fraction of sp³-hybridized carbons (Fsp3) is 0.952. The van der Waals surface area contributed by atoms with Crippen LogP contribution >= 0.6 is 0 Å². The fourth-order valence-electron chi connectivity index (χ4n) is 7.17. The van der Waals surface area contributed by atoms with Gasteiger partial charge in [-0.15, -0.1) is 0 Å². The van der Waals surface area contributed by atoms with Crippen LogP contribution in [0.5, 0.6) is 0 Å². The molecule has 5 saturated carbocycles. The Bertz CT molecular complexity index is 473. The summed E-state index contributed by atoms with van der Waals surface area (Å²) in [6.45, 7) is 4.05. The monoisotopic (exact) mass is 345 g/mol. The Morgan fingerprint density at radius 3 is 2.36 bits per heavy atom. The van der Waals surface area contributed by atoms with E-state index in [1.54, 1.807) is 0 Å². The number of hydrogen-bond donors (Lipinski definition) is 2. The molecule has 1 unspecified atom stereocenters. The molecule has 2 N–H and O–H groups in total. The van der Waals surface area contributed by atoms with Gasteiger partial charge in [0.1, 0.15) is 6.04 Å². The number of carbonyl (C=O) groups is 1. The van der Waals surface area contributed by atoms with Gasteiger partial charge in [-0.3, -0.25) is 9.69 Å². The number of nitrogens with zero attached hydrogens (tertiary/aromatic N) is 1. The first-order valence-electron chi connectivity index (χ1n) is 11.0. The number of carbonyl (C=O) groups excluding carboxylic acids is 1. The van der Waals surface area contributed by atoms with E-state index in [9.17, 15) is 4.79 Å². The second kappa shape index (κ2) is 6.84. The van der Waals surface area contributed by atoms with Gasteiger partial charge in [0.05, 0.1) is 0 Å². The molecular formula is C21H35N3O. The standard InChI is InChI=1S/C21H35N3O/c25-21(19-12-22-5-6-24(19)13-14-3-1-2-4-14)23-20-17-8-15-7-16(10-17)11-18(20)9-15/h14-20,22H,1-13H2,(H,23,25). The Morgan fingerprint density at radius 2 is 1.68 bits per heavy atom. The molecule has 4 heteroatoms. The SMILES string of the molecule is O=C(NC1C2CC3CC(C2)CC1C3)C1CNCCN1CC1CCCC1. The minimum Gasteiger partial charge on any atom is -0.351 e. The summed E-state index contributed by atoms with van der Waals surface area (Å²) in [5.41, 5.74) is 0. The zero-order chi connectivity index (χ0) is 16.8. The van der Waals surface area contributed by atoms with Crippen LogP contribution in [-0.2, 0) is 4.79 Å². The number of nitrogens with one attached hydrogen (secondary N) is 2. The van der Waals surface area contributed by atoms with Gasteiger partial charge in [-0.2, -0.15) is 0 Å². The van der Waals surface area contributed by atoms with Crippen molar-refractivity contribution < 1.29 is 4.79 Å². The molecule has 140 valence electrons. The van der Waals surface area contributed by atoms with Gasteiger partial charge in [0.15, 0.2) is 0 Å². The lowest BCUT2D eigenvalue weighted by Crippen LogP contribution is -2.63. The Morgan fingerprint density at radius 1 is 1.00 bits per heavy atom. The van der Waals surface area contributed by atoms with Crippen molar-refractivity contribution in [3.05, 3.63) is 0 Å². The zero-order valence-electron chi connectivity index (χ0n) is 15.6. The van der Waals surface area contributed by atoms with Crippen molar-refractivity contribution >= 4 is 5.91 Å². The maximum absolute atomic E-state index is 13.2. The van der Waals surface area contributed by atoms with Crippen LogP contribution in [0.1, 0.15) is 57.8 Å². The van der Waals surface area contributed by atoms with E-state index in [1.165, 1.54) is 57.8 Å². The minimum atomic E-state index is 0.0616. The van der Waals surface area contributed by atoms with Crippen LogP contribution in [0.4, 0.5) is 0 Å². The third-order valence-corrected chi connectivity index (χ3v) is 8.16. The van der Waals surface area contributed by atoms with Crippen LogP contribution in [-0.4, -0.2) is 49.1 Å². The van der Waals surface area contributed by atoms with E-state index in [1.807, 2.05) is 0 Å². The van der Waals surface area contributed by atoms with E-state index in [0.717, 1.165) is 55.8 Å². The van der Waals surface area contributed by atoms with Crippen LogP contribution in [0.2, 0.25) is 0 Å². The van der Waals surface area contributed by atoms with Crippen LogP contribution in [0, 0.1) is 29.6 Å². The van der Waals surface area contributed by atoms with Gasteiger partial charge in [0.25, 0.3) is 0 Å². The second-order valence-corrected chi connectivity index (χ2v) is 9.83. The molecule has 0 radical (unpaired) electrons. The molecule has 25 heavy (non-hydrogen) atoms.